The number of ether oxygens (including phenoxy) is 1. The summed E-state index contributed by atoms with van der Waals surface area (Å²) in [6.07, 6.45) is 4.30. The van der Waals surface area contributed by atoms with Gasteiger partial charge in [-0.1, -0.05) is 47.6 Å². The number of carbonyl (C=O) groups excluding carboxylic acids is 1. The molecule has 3 aromatic rings. The van der Waals surface area contributed by atoms with Crippen LogP contribution in [0.1, 0.15) is 82.7 Å². The lowest BCUT2D eigenvalue weighted by Crippen LogP contribution is -2.42. The molecule has 6 nitrogen and oxygen atoms in total. The van der Waals surface area contributed by atoms with E-state index in [4.69, 9.17) is 9.72 Å². The minimum absolute atomic E-state index is 0.138. The van der Waals surface area contributed by atoms with Gasteiger partial charge in [0.05, 0.1) is 23.7 Å². The molecule has 0 fully saturated rings. The van der Waals surface area contributed by atoms with Gasteiger partial charge in [0.1, 0.15) is 5.67 Å². The maximum Gasteiger partial charge on any atom is 0.255 e. The number of fused-ring (bicyclic) bond motifs is 1. The van der Waals surface area contributed by atoms with Gasteiger partial charge >= 0.3 is 0 Å². The zero-order valence-electron chi connectivity index (χ0n) is 26.0. The first-order valence-electron chi connectivity index (χ1n) is 14.3. The van der Waals surface area contributed by atoms with Crippen molar-refractivity contribution >= 4 is 17.3 Å². The fourth-order valence-electron chi connectivity index (χ4n) is 4.66. The summed E-state index contributed by atoms with van der Waals surface area (Å²) in [6.45, 7) is 19.8. The number of aromatic nitrogens is 2. The number of rotatable bonds is 7. The smallest absolute Gasteiger partial charge is 0.255 e. The van der Waals surface area contributed by atoms with Crippen LogP contribution in [-0.2, 0) is 16.8 Å². The van der Waals surface area contributed by atoms with Crippen molar-refractivity contribution in [3.8, 4) is 11.1 Å². The number of nitrogens with zero attached hydrogens (tertiary/aromatic N) is 3. The molecule has 0 bridgehead atoms. The summed E-state index contributed by atoms with van der Waals surface area (Å²) in [7, 11) is 1.72. The van der Waals surface area contributed by atoms with E-state index in [0.717, 1.165) is 47.6 Å². The van der Waals surface area contributed by atoms with Gasteiger partial charge in [-0.3, -0.25) is 14.8 Å². The second-order valence-corrected chi connectivity index (χ2v) is 10.8. The number of amides is 1. The third-order valence-corrected chi connectivity index (χ3v) is 6.56. The molecule has 0 saturated carbocycles. The number of pyridine rings is 2. The maximum absolute atomic E-state index is 14.3. The van der Waals surface area contributed by atoms with Gasteiger partial charge in [-0.2, -0.15) is 0 Å². The molecule has 1 aliphatic rings. The van der Waals surface area contributed by atoms with E-state index in [1.807, 2.05) is 59.0 Å². The average Bonchev–Trinajstić information content (AvgIpc) is 2.94. The third-order valence-electron chi connectivity index (χ3n) is 6.56. The van der Waals surface area contributed by atoms with E-state index < -0.39 is 5.67 Å². The molecule has 40 heavy (non-hydrogen) atoms. The highest BCUT2D eigenvalue weighted by Gasteiger charge is 2.31. The Bertz CT molecular complexity index is 1270. The van der Waals surface area contributed by atoms with E-state index in [0.29, 0.717) is 17.9 Å². The molecular formula is C33H47FN4O2. The van der Waals surface area contributed by atoms with Gasteiger partial charge in [0.25, 0.3) is 5.91 Å². The fourth-order valence-corrected chi connectivity index (χ4v) is 4.66. The van der Waals surface area contributed by atoms with Gasteiger partial charge < -0.3 is 15.0 Å². The van der Waals surface area contributed by atoms with Crippen LogP contribution in [0.4, 0.5) is 15.8 Å². The summed E-state index contributed by atoms with van der Waals surface area (Å²) in [4.78, 5) is 24.2. The highest BCUT2D eigenvalue weighted by atomic mass is 19.1. The van der Waals surface area contributed by atoms with Crippen LogP contribution in [0.2, 0.25) is 0 Å². The van der Waals surface area contributed by atoms with Crippen LogP contribution < -0.4 is 10.2 Å². The Morgan fingerprint density at radius 2 is 1.80 bits per heavy atom. The summed E-state index contributed by atoms with van der Waals surface area (Å²) >= 11 is 0. The Balaban J connectivity index is 0.00000134. The molecule has 0 unspecified atom stereocenters. The number of hydrogen-bond donors (Lipinski definition) is 1. The summed E-state index contributed by atoms with van der Waals surface area (Å²) in [5, 5.41) is 2.95. The Hall–Kier alpha value is -3.32. The normalized spacial score (nSPS) is 13.7. The predicted molar refractivity (Wildman–Crippen MR) is 165 cm³/mol. The predicted octanol–water partition coefficient (Wildman–Crippen LogP) is 8.00. The Morgan fingerprint density at radius 1 is 1.10 bits per heavy atom. The molecule has 0 spiro atoms. The number of methoxy groups -OCH3 is 1. The van der Waals surface area contributed by atoms with Crippen molar-refractivity contribution in [2.75, 3.05) is 37.0 Å². The lowest BCUT2D eigenvalue weighted by molar-refractivity contribution is 0.102. The lowest BCUT2D eigenvalue weighted by Gasteiger charge is -2.40. The van der Waals surface area contributed by atoms with Gasteiger partial charge in [-0.25, -0.2) is 4.39 Å². The topological polar surface area (TPSA) is 67.3 Å². The van der Waals surface area contributed by atoms with Gasteiger partial charge in [0.15, 0.2) is 0 Å². The lowest BCUT2D eigenvalue weighted by atomic mass is 9.83. The molecule has 1 aromatic carbocycles. The minimum Gasteiger partial charge on any atom is -0.383 e. The Morgan fingerprint density at radius 3 is 2.45 bits per heavy atom. The number of alkyl halides is 1. The molecule has 0 aliphatic carbocycles. The fraction of sp³-hybridized carbons (Fsp3) is 0.485. The van der Waals surface area contributed by atoms with Crippen molar-refractivity contribution in [1.82, 2.24) is 9.97 Å². The van der Waals surface area contributed by atoms with Gasteiger partial charge in [0, 0.05) is 49.4 Å². The first kappa shape index (κ1) is 32.9. The van der Waals surface area contributed by atoms with Crippen molar-refractivity contribution in [2.24, 2.45) is 5.41 Å². The SMILES string of the molecule is CC.CC.COCCN1CC(C)(C)Cc2ncc(-c3cc(NC(=O)c4ccnc(C(C)(C)F)c4)ccc3C)cc21. The number of anilines is 2. The monoisotopic (exact) mass is 550 g/mol. The zero-order chi connectivity index (χ0) is 30.1. The molecular weight excluding hydrogens is 503 g/mol. The van der Waals surface area contributed by atoms with Crippen LogP contribution >= 0.6 is 0 Å². The highest BCUT2D eigenvalue weighted by molar-refractivity contribution is 6.04. The number of benzene rings is 1. The van der Waals surface area contributed by atoms with E-state index in [9.17, 15) is 9.18 Å². The van der Waals surface area contributed by atoms with E-state index in [2.05, 4.69) is 35.1 Å². The third kappa shape index (κ3) is 8.34. The molecule has 4 rings (SSSR count). The standard InChI is InChI=1S/C29H35FN4O2.2C2H6/c1-19-7-8-22(33-27(35)20-9-10-31-26(14-20)29(4,5)30)15-23(19)21-13-25-24(32-17-21)16-28(2,3)18-34(25)11-12-36-6;2*1-2/h7-10,13-15,17H,11-12,16,18H2,1-6H3,(H,33,35);2*1-2H3. The summed E-state index contributed by atoms with van der Waals surface area (Å²) < 4.78 is 19.7. The molecule has 0 radical (unpaired) electrons. The molecule has 1 amide bonds. The van der Waals surface area contributed by atoms with E-state index in [1.54, 1.807) is 13.2 Å². The van der Waals surface area contributed by atoms with Crippen LogP contribution in [0.15, 0.2) is 48.8 Å². The molecule has 1 aliphatic heterocycles. The average molecular weight is 551 g/mol. The van der Waals surface area contributed by atoms with Gasteiger partial charge in [0.2, 0.25) is 0 Å². The number of hydrogen-bond acceptors (Lipinski definition) is 5. The number of aryl methyl sites for hydroxylation is 1. The summed E-state index contributed by atoms with van der Waals surface area (Å²) in [6, 6.07) is 11.1. The van der Waals surface area contributed by atoms with Crippen molar-refractivity contribution < 1.29 is 13.9 Å². The number of halogens is 1. The molecule has 1 N–H and O–H groups in total. The van der Waals surface area contributed by atoms with Crippen molar-refractivity contribution in [2.45, 2.75) is 74.4 Å². The van der Waals surface area contributed by atoms with E-state index in [1.165, 1.54) is 26.1 Å². The van der Waals surface area contributed by atoms with Gasteiger partial charge in [-0.15, -0.1) is 0 Å². The van der Waals surface area contributed by atoms with Crippen LogP contribution in [0, 0.1) is 12.3 Å². The molecule has 3 heterocycles. The van der Waals surface area contributed by atoms with Crippen molar-refractivity contribution in [1.29, 1.82) is 0 Å². The van der Waals surface area contributed by atoms with Crippen LogP contribution in [-0.4, -0.2) is 42.7 Å². The zero-order valence-corrected chi connectivity index (χ0v) is 26.0. The summed E-state index contributed by atoms with van der Waals surface area (Å²) in [5.41, 5.74) is 5.07. The molecule has 2 aromatic heterocycles. The van der Waals surface area contributed by atoms with Crippen LogP contribution in [0.25, 0.3) is 11.1 Å². The number of nitrogens with one attached hydrogen (secondary N) is 1. The minimum atomic E-state index is -1.63. The van der Waals surface area contributed by atoms with Crippen LogP contribution in [0.3, 0.4) is 0 Å². The van der Waals surface area contributed by atoms with Crippen LogP contribution in [0.5, 0.6) is 0 Å². The Labute approximate surface area is 240 Å². The maximum atomic E-state index is 14.3. The van der Waals surface area contributed by atoms with Crippen molar-refractivity contribution in [3.63, 3.8) is 0 Å². The largest absolute Gasteiger partial charge is 0.383 e. The highest BCUT2D eigenvalue weighted by Crippen LogP contribution is 2.38. The molecule has 0 atom stereocenters. The second kappa shape index (κ2) is 14.4. The Kier molecular flexibility index (Phi) is 11.8. The second-order valence-electron chi connectivity index (χ2n) is 10.8. The van der Waals surface area contributed by atoms with E-state index >= 15 is 0 Å². The molecule has 218 valence electrons. The molecule has 0 saturated heterocycles. The van der Waals surface area contributed by atoms with Crippen molar-refractivity contribution in [3.05, 3.63) is 71.3 Å². The first-order valence-corrected chi connectivity index (χ1v) is 14.3. The molecule has 7 heteroatoms. The van der Waals surface area contributed by atoms with Gasteiger partial charge in [-0.05, 0) is 74.1 Å². The quantitative estimate of drug-likeness (QED) is 0.323. The number of carbonyl (C=O) groups is 1. The first-order chi connectivity index (χ1) is 19.0. The summed E-state index contributed by atoms with van der Waals surface area (Å²) in [5.74, 6) is -0.311. The van der Waals surface area contributed by atoms with E-state index in [-0.39, 0.29) is 17.0 Å².